The van der Waals surface area contributed by atoms with E-state index in [2.05, 4.69) is 22.0 Å². The van der Waals surface area contributed by atoms with E-state index in [1.54, 1.807) is 11.8 Å². The molecule has 0 saturated heterocycles. The van der Waals surface area contributed by atoms with E-state index in [9.17, 15) is 0 Å². The van der Waals surface area contributed by atoms with Gasteiger partial charge in [0, 0.05) is 21.2 Å². The first-order chi connectivity index (χ1) is 5.70. The van der Waals surface area contributed by atoms with Gasteiger partial charge in [-0.05, 0) is 35.0 Å². The molecule has 0 amide bonds. The molecule has 0 radical (unpaired) electrons. The van der Waals surface area contributed by atoms with Gasteiger partial charge in [0.25, 0.3) is 0 Å². The van der Waals surface area contributed by atoms with Crippen molar-refractivity contribution >= 4 is 27.7 Å². The summed E-state index contributed by atoms with van der Waals surface area (Å²) >= 11 is 5.27. The van der Waals surface area contributed by atoms with Gasteiger partial charge in [0.1, 0.15) is 0 Å². The molecule has 0 unspecified atom stereocenters. The van der Waals surface area contributed by atoms with Crippen molar-refractivity contribution in [3.63, 3.8) is 0 Å². The van der Waals surface area contributed by atoms with Crippen LogP contribution in [0, 0.1) is 0 Å². The molecule has 0 saturated carbocycles. The van der Waals surface area contributed by atoms with Crippen LogP contribution in [0.25, 0.3) is 0 Å². The normalized spacial score (nSPS) is 12.9. The van der Waals surface area contributed by atoms with Crippen LogP contribution in [0.1, 0.15) is 6.92 Å². The van der Waals surface area contributed by atoms with Gasteiger partial charge in [0.15, 0.2) is 0 Å². The van der Waals surface area contributed by atoms with Crippen LogP contribution >= 0.6 is 27.7 Å². The maximum atomic E-state index is 5.65. The molecule has 1 aromatic rings. The van der Waals surface area contributed by atoms with Crippen LogP contribution in [0.2, 0.25) is 0 Å². The third-order valence-corrected chi connectivity index (χ3v) is 3.65. The average Bonchev–Trinajstić information content (AvgIpc) is 2.03. The lowest BCUT2D eigenvalue weighted by Gasteiger charge is -2.05. The fourth-order valence-electron chi connectivity index (χ4n) is 0.783. The zero-order chi connectivity index (χ0) is 8.97. The Kier molecular flexibility index (Phi) is 4.12. The van der Waals surface area contributed by atoms with Crippen molar-refractivity contribution in [2.24, 2.45) is 5.73 Å². The summed E-state index contributed by atoms with van der Waals surface area (Å²) in [6.07, 6.45) is 0. The first-order valence-electron chi connectivity index (χ1n) is 3.83. The first kappa shape index (κ1) is 10.1. The van der Waals surface area contributed by atoms with Crippen LogP contribution < -0.4 is 5.73 Å². The Balaban J connectivity index is 2.57. The van der Waals surface area contributed by atoms with Gasteiger partial charge < -0.3 is 5.73 Å². The van der Waals surface area contributed by atoms with Crippen molar-refractivity contribution in [3.8, 4) is 0 Å². The van der Waals surface area contributed by atoms with Crippen molar-refractivity contribution in [1.82, 2.24) is 0 Å². The summed E-state index contributed by atoms with van der Waals surface area (Å²) in [5.41, 5.74) is 5.65. The molecule has 0 aromatic heterocycles. The highest BCUT2D eigenvalue weighted by molar-refractivity contribution is 9.10. The van der Waals surface area contributed by atoms with E-state index in [0.29, 0.717) is 0 Å². The lowest BCUT2D eigenvalue weighted by molar-refractivity contribution is 0.847. The lowest BCUT2D eigenvalue weighted by atomic mass is 10.4. The van der Waals surface area contributed by atoms with Crippen LogP contribution in [0.3, 0.4) is 0 Å². The predicted octanol–water partition coefficient (Wildman–Crippen LogP) is 2.89. The Bertz CT molecular complexity index is 250. The molecular formula is C9H12BrNS. The summed E-state index contributed by atoms with van der Waals surface area (Å²) in [6.45, 7) is 2.02. The smallest absolute Gasteiger partial charge is 0.0311 e. The molecule has 1 rings (SSSR count). The number of hydrogen-bond donors (Lipinski definition) is 1. The Labute approximate surface area is 85.9 Å². The highest BCUT2D eigenvalue weighted by Crippen LogP contribution is 2.26. The van der Waals surface area contributed by atoms with E-state index in [1.807, 2.05) is 25.1 Å². The molecule has 1 nitrogen and oxygen atoms in total. The molecule has 3 heteroatoms. The molecular weight excluding hydrogens is 234 g/mol. The van der Waals surface area contributed by atoms with Gasteiger partial charge in [-0.25, -0.2) is 0 Å². The highest BCUT2D eigenvalue weighted by atomic mass is 79.9. The Hall–Kier alpha value is 0.01000. The molecule has 1 atom stereocenters. The van der Waals surface area contributed by atoms with E-state index < -0.39 is 0 Å². The van der Waals surface area contributed by atoms with Crippen molar-refractivity contribution in [2.75, 3.05) is 5.75 Å². The third kappa shape index (κ3) is 3.17. The van der Waals surface area contributed by atoms with Gasteiger partial charge in [-0.2, -0.15) is 0 Å². The lowest BCUT2D eigenvalue weighted by Crippen LogP contribution is -2.17. The second-order valence-corrected chi connectivity index (χ2v) is 4.63. The number of nitrogens with two attached hydrogens (primary N) is 1. The van der Waals surface area contributed by atoms with Crippen LogP contribution in [0.15, 0.2) is 33.6 Å². The number of thioether (sulfide) groups is 1. The minimum Gasteiger partial charge on any atom is -0.327 e. The quantitative estimate of drug-likeness (QED) is 0.830. The summed E-state index contributed by atoms with van der Waals surface area (Å²) in [7, 11) is 0. The van der Waals surface area contributed by atoms with Gasteiger partial charge in [-0.3, -0.25) is 0 Å². The van der Waals surface area contributed by atoms with Crippen LogP contribution in [0.4, 0.5) is 0 Å². The molecule has 66 valence electrons. The second-order valence-electron chi connectivity index (χ2n) is 2.72. The van der Waals surface area contributed by atoms with Gasteiger partial charge in [-0.1, -0.05) is 12.1 Å². The number of halogens is 1. The van der Waals surface area contributed by atoms with Crippen molar-refractivity contribution < 1.29 is 0 Å². The van der Waals surface area contributed by atoms with E-state index in [1.165, 1.54) is 4.90 Å². The molecule has 1 aromatic carbocycles. The van der Waals surface area contributed by atoms with Gasteiger partial charge in [0.2, 0.25) is 0 Å². The molecule has 12 heavy (non-hydrogen) atoms. The standard InChI is InChI=1S/C9H12BrNS/c1-7(11)6-12-9-5-3-2-4-8(9)10/h2-5,7H,6,11H2,1H3/t7-/m0/s1. The van der Waals surface area contributed by atoms with Crippen LogP contribution in [-0.2, 0) is 0 Å². The zero-order valence-electron chi connectivity index (χ0n) is 6.96. The highest BCUT2D eigenvalue weighted by Gasteiger charge is 2.00. The summed E-state index contributed by atoms with van der Waals surface area (Å²) in [5, 5.41) is 0. The molecule has 0 aliphatic carbocycles. The van der Waals surface area contributed by atoms with E-state index >= 15 is 0 Å². The molecule has 2 N–H and O–H groups in total. The van der Waals surface area contributed by atoms with Crippen molar-refractivity contribution in [2.45, 2.75) is 17.9 Å². The topological polar surface area (TPSA) is 26.0 Å². The monoisotopic (exact) mass is 245 g/mol. The van der Waals surface area contributed by atoms with E-state index in [0.717, 1.165) is 10.2 Å². The van der Waals surface area contributed by atoms with Gasteiger partial charge in [0.05, 0.1) is 0 Å². The summed E-state index contributed by atoms with van der Waals surface area (Å²) < 4.78 is 1.15. The number of benzene rings is 1. The maximum Gasteiger partial charge on any atom is 0.0311 e. The molecule has 0 spiro atoms. The third-order valence-electron chi connectivity index (χ3n) is 1.34. The minimum atomic E-state index is 0.252. The Morgan fingerprint density at radius 2 is 2.17 bits per heavy atom. The van der Waals surface area contributed by atoms with Crippen molar-refractivity contribution in [3.05, 3.63) is 28.7 Å². The van der Waals surface area contributed by atoms with Crippen LogP contribution in [0.5, 0.6) is 0 Å². The fraction of sp³-hybridized carbons (Fsp3) is 0.333. The van der Waals surface area contributed by atoms with E-state index in [-0.39, 0.29) is 6.04 Å². The average molecular weight is 246 g/mol. The van der Waals surface area contributed by atoms with Crippen LogP contribution in [-0.4, -0.2) is 11.8 Å². The predicted molar refractivity (Wildman–Crippen MR) is 58.5 cm³/mol. The molecule has 0 heterocycles. The molecule has 0 aliphatic rings. The fourth-order valence-corrected chi connectivity index (χ4v) is 2.23. The van der Waals surface area contributed by atoms with Gasteiger partial charge in [-0.15, -0.1) is 11.8 Å². The summed E-state index contributed by atoms with van der Waals surface area (Å²) in [6, 6.07) is 8.44. The first-order valence-corrected chi connectivity index (χ1v) is 5.61. The van der Waals surface area contributed by atoms with Crippen molar-refractivity contribution in [1.29, 1.82) is 0 Å². The molecule has 0 bridgehead atoms. The molecule has 0 aliphatic heterocycles. The number of hydrogen-bond acceptors (Lipinski definition) is 2. The maximum absolute atomic E-state index is 5.65. The Morgan fingerprint density at radius 1 is 1.50 bits per heavy atom. The molecule has 0 fully saturated rings. The number of rotatable bonds is 3. The van der Waals surface area contributed by atoms with E-state index in [4.69, 9.17) is 5.73 Å². The summed E-state index contributed by atoms with van der Waals surface area (Å²) in [5.74, 6) is 0.961. The Morgan fingerprint density at radius 3 is 2.75 bits per heavy atom. The SMILES string of the molecule is C[C@H](N)CSc1ccccc1Br. The second kappa shape index (κ2) is 4.90. The largest absolute Gasteiger partial charge is 0.327 e. The van der Waals surface area contributed by atoms with Gasteiger partial charge >= 0.3 is 0 Å². The zero-order valence-corrected chi connectivity index (χ0v) is 9.36. The minimum absolute atomic E-state index is 0.252. The summed E-state index contributed by atoms with van der Waals surface area (Å²) in [4.78, 5) is 1.26.